The second kappa shape index (κ2) is 5.75. The summed E-state index contributed by atoms with van der Waals surface area (Å²) in [7, 11) is 1.76. The first-order valence-corrected chi connectivity index (χ1v) is 5.49. The van der Waals surface area contributed by atoms with Gasteiger partial charge in [-0.1, -0.05) is 15.9 Å². The summed E-state index contributed by atoms with van der Waals surface area (Å²) in [6.07, 6.45) is 0. The van der Waals surface area contributed by atoms with E-state index in [0.29, 0.717) is 13.2 Å². The van der Waals surface area contributed by atoms with Crippen LogP contribution >= 0.6 is 15.9 Å². The van der Waals surface area contributed by atoms with Crippen molar-refractivity contribution in [3.05, 3.63) is 28.7 Å². The number of amides is 1. The Kier molecular flexibility index (Phi) is 4.62. The van der Waals surface area contributed by atoms with Crippen LogP contribution < -0.4 is 4.74 Å². The highest BCUT2D eigenvalue weighted by molar-refractivity contribution is 9.10. The van der Waals surface area contributed by atoms with Crippen molar-refractivity contribution in [3.8, 4) is 5.75 Å². The van der Waals surface area contributed by atoms with Gasteiger partial charge in [0.15, 0.2) is 0 Å². The molecule has 1 amide bonds. The average molecular weight is 272 g/mol. The van der Waals surface area contributed by atoms with Crippen LogP contribution in [0.3, 0.4) is 0 Å². The third-order valence-corrected chi connectivity index (χ3v) is 2.58. The van der Waals surface area contributed by atoms with Crippen molar-refractivity contribution in [3.63, 3.8) is 0 Å². The van der Waals surface area contributed by atoms with Crippen molar-refractivity contribution in [2.45, 2.75) is 6.92 Å². The minimum absolute atomic E-state index is 0.0504. The minimum Gasteiger partial charge on any atom is -0.492 e. The van der Waals surface area contributed by atoms with E-state index in [0.717, 1.165) is 10.2 Å². The van der Waals surface area contributed by atoms with Gasteiger partial charge in [0.2, 0.25) is 5.91 Å². The number of carbonyl (C=O) groups excluding carboxylic acids is 1. The van der Waals surface area contributed by atoms with E-state index in [4.69, 9.17) is 4.74 Å². The quantitative estimate of drug-likeness (QED) is 0.841. The van der Waals surface area contributed by atoms with Gasteiger partial charge in [-0.15, -0.1) is 0 Å². The number of hydrogen-bond donors (Lipinski definition) is 0. The maximum atomic E-state index is 10.9. The van der Waals surface area contributed by atoms with Crippen molar-refractivity contribution in [2.24, 2.45) is 0 Å². The minimum atomic E-state index is 0.0504. The number of hydrogen-bond acceptors (Lipinski definition) is 2. The lowest BCUT2D eigenvalue weighted by molar-refractivity contribution is -0.127. The summed E-state index contributed by atoms with van der Waals surface area (Å²) >= 11 is 3.35. The molecule has 0 aliphatic carbocycles. The van der Waals surface area contributed by atoms with Gasteiger partial charge in [-0.3, -0.25) is 4.79 Å². The Morgan fingerprint density at radius 3 is 2.53 bits per heavy atom. The van der Waals surface area contributed by atoms with Gasteiger partial charge in [0, 0.05) is 18.4 Å². The molecule has 0 aliphatic heterocycles. The lowest BCUT2D eigenvalue weighted by atomic mass is 10.3. The second-order valence-corrected chi connectivity index (χ2v) is 4.16. The van der Waals surface area contributed by atoms with Gasteiger partial charge in [0.1, 0.15) is 12.4 Å². The number of likely N-dealkylation sites (N-methyl/N-ethyl adjacent to an activating group) is 1. The van der Waals surface area contributed by atoms with Crippen LogP contribution in [0.15, 0.2) is 28.7 Å². The number of benzene rings is 1. The molecule has 0 fully saturated rings. The number of nitrogens with zero attached hydrogens (tertiary/aromatic N) is 1. The van der Waals surface area contributed by atoms with E-state index < -0.39 is 0 Å². The van der Waals surface area contributed by atoms with E-state index in [9.17, 15) is 4.79 Å². The summed E-state index contributed by atoms with van der Waals surface area (Å²) in [6.45, 7) is 2.66. The predicted molar refractivity (Wildman–Crippen MR) is 62.9 cm³/mol. The van der Waals surface area contributed by atoms with Crippen LogP contribution in [0.4, 0.5) is 0 Å². The molecule has 0 atom stereocenters. The molecule has 0 radical (unpaired) electrons. The van der Waals surface area contributed by atoms with Gasteiger partial charge >= 0.3 is 0 Å². The summed E-state index contributed by atoms with van der Waals surface area (Å²) in [6, 6.07) is 7.61. The standard InChI is InChI=1S/C11H14BrNO2/c1-9(14)13(2)7-8-15-11-5-3-10(12)4-6-11/h3-6H,7-8H2,1-2H3. The lowest BCUT2D eigenvalue weighted by Gasteiger charge is -2.14. The summed E-state index contributed by atoms with van der Waals surface area (Å²) in [5.74, 6) is 0.865. The number of carbonyl (C=O) groups is 1. The van der Waals surface area contributed by atoms with Crippen LogP contribution in [0.2, 0.25) is 0 Å². The first kappa shape index (κ1) is 12.0. The SMILES string of the molecule is CC(=O)N(C)CCOc1ccc(Br)cc1. The van der Waals surface area contributed by atoms with E-state index in [2.05, 4.69) is 15.9 Å². The molecule has 0 aromatic heterocycles. The summed E-state index contributed by atoms with van der Waals surface area (Å²) in [4.78, 5) is 12.5. The normalized spacial score (nSPS) is 9.80. The van der Waals surface area contributed by atoms with Gasteiger partial charge in [0.05, 0.1) is 6.54 Å². The van der Waals surface area contributed by atoms with E-state index in [1.165, 1.54) is 0 Å². The molecule has 0 saturated carbocycles. The van der Waals surface area contributed by atoms with Crippen molar-refractivity contribution in [1.29, 1.82) is 0 Å². The fraction of sp³-hybridized carbons (Fsp3) is 0.364. The highest BCUT2D eigenvalue weighted by Crippen LogP contribution is 2.15. The lowest BCUT2D eigenvalue weighted by Crippen LogP contribution is -2.28. The average Bonchev–Trinajstić information content (AvgIpc) is 2.20. The van der Waals surface area contributed by atoms with Crippen LogP contribution in [0.5, 0.6) is 5.75 Å². The largest absolute Gasteiger partial charge is 0.492 e. The Labute approximate surface area is 98.2 Å². The van der Waals surface area contributed by atoms with Crippen molar-refractivity contribution < 1.29 is 9.53 Å². The Morgan fingerprint density at radius 1 is 1.40 bits per heavy atom. The molecule has 1 rings (SSSR count). The van der Waals surface area contributed by atoms with Crippen molar-refractivity contribution in [1.82, 2.24) is 4.90 Å². The molecular weight excluding hydrogens is 258 g/mol. The molecule has 0 aliphatic rings. The molecule has 0 bridgehead atoms. The second-order valence-electron chi connectivity index (χ2n) is 3.24. The summed E-state index contributed by atoms with van der Waals surface area (Å²) in [5.41, 5.74) is 0. The van der Waals surface area contributed by atoms with Crippen LogP contribution in [0.1, 0.15) is 6.92 Å². The zero-order chi connectivity index (χ0) is 11.3. The summed E-state index contributed by atoms with van der Waals surface area (Å²) in [5, 5.41) is 0. The molecular formula is C11H14BrNO2. The Balaban J connectivity index is 2.32. The molecule has 1 aromatic rings. The molecule has 0 unspecified atom stereocenters. The predicted octanol–water partition coefficient (Wildman–Crippen LogP) is 2.31. The maximum Gasteiger partial charge on any atom is 0.219 e. The van der Waals surface area contributed by atoms with E-state index in [1.807, 2.05) is 24.3 Å². The number of halogens is 1. The Bertz CT molecular complexity index is 324. The zero-order valence-electron chi connectivity index (χ0n) is 8.87. The molecule has 1 aromatic carbocycles. The topological polar surface area (TPSA) is 29.5 Å². The highest BCUT2D eigenvalue weighted by atomic mass is 79.9. The Morgan fingerprint density at radius 2 is 2.00 bits per heavy atom. The van der Waals surface area contributed by atoms with E-state index >= 15 is 0 Å². The van der Waals surface area contributed by atoms with Crippen LogP contribution in [-0.2, 0) is 4.79 Å². The molecule has 0 N–H and O–H groups in total. The van der Waals surface area contributed by atoms with E-state index in [1.54, 1.807) is 18.9 Å². The number of ether oxygens (including phenoxy) is 1. The van der Waals surface area contributed by atoms with E-state index in [-0.39, 0.29) is 5.91 Å². The molecule has 82 valence electrons. The van der Waals surface area contributed by atoms with Gasteiger partial charge in [0.25, 0.3) is 0 Å². The molecule has 0 heterocycles. The number of rotatable bonds is 4. The van der Waals surface area contributed by atoms with Gasteiger partial charge < -0.3 is 9.64 Å². The molecule has 0 saturated heterocycles. The highest BCUT2D eigenvalue weighted by Gasteiger charge is 2.01. The summed E-state index contributed by atoms with van der Waals surface area (Å²) < 4.78 is 6.49. The van der Waals surface area contributed by atoms with Crippen molar-refractivity contribution >= 4 is 21.8 Å². The Hall–Kier alpha value is -1.03. The maximum absolute atomic E-state index is 10.9. The monoisotopic (exact) mass is 271 g/mol. The van der Waals surface area contributed by atoms with Crippen molar-refractivity contribution in [2.75, 3.05) is 20.2 Å². The smallest absolute Gasteiger partial charge is 0.219 e. The van der Waals surface area contributed by atoms with Crippen LogP contribution in [0.25, 0.3) is 0 Å². The van der Waals surface area contributed by atoms with Gasteiger partial charge in [-0.25, -0.2) is 0 Å². The van der Waals surface area contributed by atoms with Gasteiger partial charge in [-0.2, -0.15) is 0 Å². The molecule has 15 heavy (non-hydrogen) atoms. The fourth-order valence-electron chi connectivity index (χ4n) is 0.989. The van der Waals surface area contributed by atoms with Gasteiger partial charge in [-0.05, 0) is 24.3 Å². The zero-order valence-corrected chi connectivity index (χ0v) is 10.5. The molecule has 3 nitrogen and oxygen atoms in total. The van der Waals surface area contributed by atoms with Crippen LogP contribution in [0, 0.1) is 0 Å². The fourth-order valence-corrected chi connectivity index (χ4v) is 1.25. The molecule has 4 heteroatoms. The first-order valence-electron chi connectivity index (χ1n) is 4.69. The van der Waals surface area contributed by atoms with Crippen LogP contribution in [-0.4, -0.2) is 31.0 Å². The first-order chi connectivity index (χ1) is 7.09. The third-order valence-electron chi connectivity index (χ3n) is 2.05. The third kappa shape index (κ3) is 4.34. The molecule has 0 spiro atoms.